The largest absolute Gasteiger partial charge is 0.496 e. The number of aromatic nitrogens is 2. The third-order valence-electron chi connectivity index (χ3n) is 5.37. The summed E-state index contributed by atoms with van der Waals surface area (Å²) in [4.78, 5) is 17.0. The minimum Gasteiger partial charge on any atom is -0.496 e. The maximum atomic E-state index is 12.5. The SMILES string of the molecule is COc1c(C)cc(-c2ccc3nc(C(=O)NC4CCCC4)cn3c2)cc1C. The van der Waals surface area contributed by atoms with Crippen molar-refractivity contribution >= 4 is 11.6 Å². The molecule has 2 heterocycles. The molecule has 0 atom stereocenters. The van der Waals surface area contributed by atoms with E-state index in [4.69, 9.17) is 4.74 Å². The van der Waals surface area contributed by atoms with Crippen LogP contribution in [0.25, 0.3) is 16.8 Å². The molecular formula is C22H25N3O2. The summed E-state index contributed by atoms with van der Waals surface area (Å²) in [5.74, 6) is 0.844. The van der Waals surface area contributed by atoms with E-state index >= 15 is 0 Å². The monoisotopic (exact) mass is 363 g/mol. The number of hydrogen-bond acceptors (Lipinski definition) is 3. The van der Waals surface area contributed by atoms with Crippen LogP contribution < -0.4 is 10.1 Å². The number of methoxy groups -OCH3 is 1. The number of pyridine rings is 1. The summed E-state index contributed by atoms with van der Waals surface area (Å²) < 4.78 is 7.39. The van der Waals surface area contributed by atoms with Crippen LogP contribution in [0.15, 0.2) is 36.7 Å². The summed E-state index contributed by atoms with van der Waals surface area (Å²) in [7, 11) is 1.70. The van der Waals surface area contributed by atoms with Gasteiger partial charge in [-0.2, -0.15) is 0 Å². The van der Waals surface area contributed by atoms with Crippen LogP contribution in [-0.2, 0) is 0 Å². The normalized spacial score (nSPS) is 14.6. The van der Waals surface area contributed by atoms with Gasteiger partial charge < -0.3 is 14.5 Å². The minimum atomic E-state index is -0.0803. The van der Waals surface area contributed by atoms with E-state index in [1.807, 2.05) is 28.9 Å². The highest BCUT2D eigenvalue weighted by molar-refractivity contribution is 5.93. The van der Waals surface area contributed by atoms with Gasteiger partial charge in [0.05, 0.1) is 7.11 Å². The third-order valence-corrected chi connectivity index (χ3v) is 5.37. The maximum Gasteiger partial charge on any atom is 0.271 e. The van der Waals surface area contributed by atoms with Crippen molar-refractivity contribution in [3.8, 4) is 16.9 Å². The predicted molar refractivity (Wildman–Crippen MR) is 106 cm³/mol. The second-order valence-corrected chi connectivity index (χ2v) is 7.41. The lowest BCUT2D eigenvalue weighted by Gasteiger charge is -2.11. The lowest BCUT2D eigenvalue weighted by atomic mass is 10.0. The van der Waals surface area contributed by atoms with Gasteiger partial charge in [-0.1, -0.05) is 12.8 Å². The molecular weight excluding hydrogens is 338 g/mol. The van der Waals surface area contributed by atoms with E-state index in [1.165, 1.54) is 12.8 Å². The first-order valence-electron chi connectivity index (χ1n) is 9.50. The first kappa shape index (κ1) is 17.6. The fraction of sp³-hybridized carbons (Fsp3) is 0.364. The number of amides is 1. The molecule has 0 aliphatic heterocycles. The number of benzene rings is 1. The number of ether oxygens (including phenoxy) is 1. The number of carbonyl (C=O) groups is 1. The van der Waals surface area contributed by atoms with Gasteiger partial charge >= 0.3 is 0 Å². The average molecular weight is 363 g/mol. The van der Waals surface area contributed by atoms with Crippen LogP contribution in [0.3, 0.4) is 0 Å². The highest BCUT2D eigenvalue weighted by Crippen LogP contribution is 2.30. The van der Waals surface area contributed by atoms with Gasteiger partial charge in [0.1, 0.15) is 17.1 Å². The number of aryl methyl sites for hydroxylation is 2. The first-order valence-corrected chi connectivity index (χ1v) is 9.50. The van der Waals surface area contributed by atoms with Gasteiger partial charge in [0.15, 0.2) is 0 Å². The zero-order chi connectivity index (χ0) is 19.0. The van der Waals surface area contributed by atoms with E-state index in [1.54, 1.807) is 7.11 Å². The van der Waals surface area contributed by atoms with E-state index in [0.717, 1.165) is 46.5 Å². The number of fused-ring (bicyclic) bond motifs is 1. The minimum absolute atomic E-state index is 0.0803. The van der Waals surface area contributed by atoms with Gasteiger partial charge in [0, 0.05) is 18.4 Å². The van der Waals surface area contributed by atoms with Crippen molar-refractivity contribution < 1.29 is 9.53 Å². The highest BCUT2D eigenvalue weighted by atomic mass is 16.5. The predicted octanol–water partition coefficient (Wildman–Crippen LogP) is 4.30. The quantitative estimate of drug-likeness (QED) is 0.752. The number of nitrogens with zero attached hydrogens (tertiary/aromatic N) is 2. The zero-order valence-electron chi connectivity index (χ0n) is 16.1. The van der Waals surface area contributed by atoms with Crippen molar-refractivity contribution in [3.63, 3.8) is 0 Å². The summed E-state index contributed by atoms with van der Waals surface area (Å²) in [5.41, 5.74) is 5.66. The van der Waals surface area contributed by atoms with Crippen molar-refractivity contribution in [2.45, 2.75) is 45.6 Å². The summed E-state index contributed by atoms with van der Waals surface area (Å²) >= 11 is 0. The number of nitrogens with one attached hydrogen (secondary N) is 1. The second kappa shape index (κ2) is 7.06. The molecule has 0 saturated heterocycles. The fourth-order valence-corrected chi connectivity index (χ4v) is 4.04. The van der Waals surface area contributed by atoms with Crippen LogP contribution in [0.5, 0.6) is 5.75 Å². The molecule has 1 aliphatic rings. The Morgan fingerprint density at radius 3 is 2.48 bits per heavy atom. The van der Waals surface area contributed by atoms with Crippen molar-refractivity contribution in [1.29, 1.82) is 0 Å². The Labute approximate surface area is 159 Å². The molecule has 0 spiro atoms. The number of carbonyl (C=O) groups excluding carboxylic acids is 1. The Morgan fingerprint density at radius 2 is 1.81 bits per heavy atom. The lowest BCUT2D eigenvalue weighted by Crippen LogP contribution is -2.32. The summed E-state index contributed by atoms with van der Waals surface area (Å²) in [6.07, 6.45) is 8.36. The summed E-state index contributed by atoms with van der Waals surface area (Å²) in [6, 6.07) is 8.54. The molecule has 140 valence electrons. The molecule has 1 amide bonds. The molecule has 5 heteroatoms. The molecule has 3 aromatic rings. The van der Waals surface area contributed by atoms with Crippen molar-refractivity contribution in [2.24, 2.45) is 0 Å². The van der Waals surface area contributed by atoms with Gasteiger partial charge in [0.25, 0.3) is 5.91 Å². The van der Waals surface area contributed by atoms with Crippen molar-refractivity contribution in [3.05, 3.63) is 53.5 Å². The molecule has 5 nitrogen and oxygen atoms in total. The Balaban J connectivity index is 1.64. The van der Waals surface area contributed by atoms with E-state index in [2.05, 4.69) is 36.3 Å². The third kappa shape index (κ3) is 3.42. The Kier molecular flexibility index (Phi) is 4.60. The molecule has 1 fully saturated rings. The van der Waals surface area contributed by atoms with Crippen LogP contribution in [-0.4, -0.2) is 28.4 Å². The Bertz CT molecular complexity index is 977. The van der Waals surface area contributed by atoms with E-state index < -0.39 is 0 Å². The smallest absolute Gasteiger partial charge is 0.271 e. The standard InChI is InChI=1S/C22H25N3O2/c1-14-10-17(11-15(2)21(14)27-3)16-8-9-20-24-19(13-25(20)12-16)22(26)23-18-6-4-5-7-18/h8-13,18H,4-7H2,1-3H3,(H,23,26). The number of imidazole rings is 1. The van der Waals surface area contributed by atoms with Gasteiger partial charge in [-0.05, 0) is 73.2 Å². The molecule has 0 radical (unpaired) electrons. The van der Waals surface area contributed by atoms with Crippen molar-refractivity contribution in [1.82, 2.24) is 14.7 Å². The van der Waals surface area contributed by atoms with Gasteiger partial charge in [-0.15, -0.1) is 0 Å². The van der Waals surface area contributed by atoms with E-state index in [0.29, 0.717) is 11.7 Å². The van der Waals surface area contributed by atoms with Gasteiger partial charge in [-0.3, -0.25) is 4.79 Å². The summed E-state index contributed by atoms with van der Waals surface area (Å²) in [6.45, 7) is 4.10. The molecule has 27 heavy (non-hydrogen) atoms. The molecule has 1 aliphatic carbocycles. The second-order valence-electron chi connectivity index (χ2n) is 7.41. The van der Waals surface area contributed by atoms with E-state index in [-0.39, 0.29) is 5.91 Å². The molecule has 0 unspecified atom stereocenters. The van der Waals surface area contributed by atoms with Crippen LogP contribution in [0.4, 0.5) is 0 Å². The maximum absolute atomic E-state index is 12.5. The molecule has 1 N–H and O–H groups in total. The Morgan fingerprint density at radius 1 is 1.11 bits per heavy atom. The first-order chi connectivity index (χ1) is 13.0. The number of hydrogen-bond donors (Lipinski definition) is 1. The van der Waals surface area contributed by atoms with Gasteiger partial charge in [-0.25, -0.2) is 4.98 Å². The van der Waals surface area contributed by atoms with Crippen LogP contribution in [0.2, 0.25) is 0 Å². The highest BCUT2D eigenvalue weighted by Gasteiger charge is 2.19. The van der Waals surface area contributed by atoms with Crippen molar-refractivity contribution in [2.75, 3.05) is 7.11 Å². The van der Waals surface area contributed by atoms with E-state index in [9.17, 15) is 4.79 Å². The fourth-order valence-electron chi connectivity index (χ4n) is 4.04. The molecule has 2 aromatic heterocycles. The lowest BCUT2D eigenvalue weighted by molar-refractivity contribution is 0.0933. The number of rotatable bonds is 4. The molecule has 0 bridgehead atoms. The zero-order valence-corrected chi connectivity index (χ0v) is 16.1. The van der Waals surface area contributed by atoms with Crippen LogP contribution in [0.1, 0.15) is 47.3 Å². The Hall–Kier alpha value is -2.82. The molecule has 1 aromatic carbocycles. The van der Waals surface area contributed by atoms with Crippen LogP contribution >= 0.6 is 0 Å². The topological polar surface area (TPSA) is 55.6 Å². The molecule has 1 saturated carbocycles. The molecule has 4 rings (SSSR count). The summed E-state index contributed by atoms with van der Waals surface area (Å²) in [5, 5.41) is 3.10. The van der Waals surface area contributed by atoms with Gasteiger partial charge in [0.2, 0.25) is 0 Å². The van der Waals surface area contributed by atoms with Crippen LogP contribution in [0, 0.1) is 13.8 Å². The average Bonchev–Trinajstić information content (AvgIpc) is 3.30.